The number of H-pyrrole nitrogens is 1. The SMILES string of the molecule is NC(=O)c1ccc2c(c1)C1(CCN(c3nc4c(c(=O)[nH]3)CCCC4)CC1)CN2CCCN1CCOCC1. The Morgan fingerprint density at radius 3 is 2.65 bits per heavy atom. The Hall–Kier alpha value is -2.91. The van der Waals surface area contributed by atoms with Crippen LogP contribution in [0.15, 0.2) is 23.0 Å². The monoisotopic (exact) mass is 506 g/mol. The number of primary amides is 1. The van der Waals surface area contributed by atoms with Crippen molar-refractivity contribution >= 4 is 17.5 Å². The van der Waals surface area contributed by atoms with Crippen LogP contribution in [0.25, 0.3) is 0 Å². The zero-order valence-corrected chi connectivity index (χ0v) is 21.6. The Morgan fingerprint density at radius 2 is 1.86 bits per heavy atom. The summed E-state index contributed by atoms with van der Waals surface area (Å²) >= 11 is 0. The van der Waals surface area contributed by atoms with E-state index in [0.29, 0.717) is 11.5 Å². The number of carbonyl (C=O) groups excluding carboxylic acids is 1. The molecule has 0 saturated carbocycles. The average Bonchev–Trinajstić information content (AvgIpc) is 3.22. The highest BCUT2D eigenvalue weighted by Gasteiger charge is 2.45. The number of benzene rings is 1. The third-order valence-electron chi connectivity index (χ3n) is 8.89. The van der Waals surface area contributed by atoms with Gasteiger partial charge in [0.1, 0.15) is 0 Å². The van der Waals surface area contributed by atoms with Crippen LogP contribution in [0.2, 0.25) is 0 Å². The number of piperidine rings is 1. The third-order valence-corrected chi connectivity index (χ3v) is 8.89. The fourth-order valence-corrected chi connectivity index (χ4v) is 6.75. The molecule has 2 fully saturated rings. The van der Waals surface area contributed by atoms with Gasteiger partial charge in [0.05, 0.1) is 18.9 Å². The summed E-state index contributed by atoms with van der Waals surface area (Å²) in [6.07, 6.45) is 6.89. The molecule has 3 aliphatic heterocycles. The van der Waals surface area contributed by atoms with Gasteiger partial charge in [-0.3, -0.25) is 19.5 Å². The first kappa shape index (κ1) is 24.4. The van der Waals surface area contributed by atoms with Crippen LogP contribution >= 0.6 is 0 Å². The number of carbonyl (C=O) groups is 1. The van der Waals surface area contributed by atoms with E-state index in [1.807, 2.05) is 12.1 Å². The second-order valence-electron chi connectivity index (χ2n) is 11.1. The fourth-order valence-electron chi connectivity index (χ4n) is 6.75. The molecular weight excluding hydrogens is 468 g/mol. The van der Waals surface area contributed by atoms with Crippen LogP contribution in [0, 0.1) is 0 Å². The number of hydrogen-bond acceptors (Lipinski definition) is 7. The van der Waals surface area contributed by atoms with Crippen LogP contribution in [-0.4, -0.2) is 79.8 Å². The van der Waals surface area contributed by atoms with Gasteiger partial charge in [-0.05, 0) is 68.7 Å². The highest BCUT2D eigenvalue weighted by atomic mass is 16.5. The molecule has 198 valence electrons. The van der Waals surface area contributed by atoms with Crippen molar-refractivity contribution in [2.24, 2.45) is 5.73 Å². The number of rotatable bonds is 6. The molecule has 0 radical (unpaired) electrons. The molecule has 3 N–H and O–H groups in total. The number of nitrogens with one attached hydrogen (secondary N) is 1. The predicted octanol–water partition coefficient (Wildman–Crippen LogP) is 1.83. The number of ether oxygens (including phenoxy) is 1. The van der Waals surface area contributed by atoms with Crippen LogP contribution in [-0.2, 0) is 23.0 Å². The van der Waals surface area contributed by atoms with Crippen LogP contribution in [0.3, 0.4) is 0 Å². The lowest BCUT2D eigenvalue weighted by Crippen LogP contribution is -2.46. The molecule has 6 rings (SSSR count). The predicted molar refractivity (Wildman–Crippen MR) is 144 cm³/mol. The zero-order valence-electron chi connectivity index (χ0n) is 21.6. The Kier molecular flexibility index (Phi) is 6.67. The lowest BCUT2D eigenvalue weighted by atomic mass is 9.74. The van der Waals surface area contributed by atoms with Crippen LogP contribution < -0.4 is 21.1 Å². The van der Waals surface area contributed by atoms with Gasteiger partial charge in [0.2, 0.25) is 11.9 Å². The number of morpholine rings is 1. The summed E-state index contributed by atoms with van der Waals surface area (Å²) in [6.45, 7) is 8.34. The zero-order chi connectivity index (χ0) is 25.4. The Bertz CT molecular complexity index is 1210. The number of nitrogens with two attached hydrogens (primary N) is 1. The van der Waals surface area contributed by atoms with Crippen LogP contribution in [0.1, 0.15) is 59.3 Å². The van der Waals surface area contributed by atoms with Gasteiger partial charge in [-0.25, -0.2) is 4.98 Å². The Labute approximate surface area is 218 Å². The maximum atomic E-state index is 12.7. The van der Waals surface area contributed by atoms with Crippen molar-refractivity contribution in [2.45, 2.75) is 50.4 Å². The number of aryl methyl sites for hydroxylation is 1. The molecule has 1 amide bonds. The first-order valence-corrected chi connectivity index (χ1v) is 13.9. The summed E-state index contributed by atoms with van der Waals surface area (Å²) in [5, 5.41) is 0. The number of aromatic nitrogens is 2. The molecule has 4 heterocycles. The quantitative estimate of drug-likeness (QED) is 0.615. The van der Waals surface area contributed by atoms with Gasteiger partial charge in [-0.2, -0.15) is 0 Å². The first-order chi connectivity index (χ1) is 18.0. The standard InChI is InChI=1S/C28H38N6O3/c29-25(35)20-6-7-24-22(18-20)28(19-34(24)11-3-10-32-14-16-37-17-15-32)8-12-33(13-9-28)27-30-23-5-2-1-4-21(23)26(36)31-27/h6-7,18H,1-5,8-17,19H2,(H2,29,35)(H,30,31,36). The highest BCUT2D eigenvalue weighted by molar-refractivity contribution is 5.94. The minimum Gasteiger partial charge on any atom is -0.379 e. The van der Waals surface area contributed by atoms with Gasteiger partial charge >= 0.3 is 0 Å². The van der Waals surface area contributed by atoms with E-state index in [-0.39, 0.29) is 16.9 Å². The molecular formula is C28H38N6O3. The van der Waals surface area contributed by atoms with Crippen molar-refractivity contribution in [3.05, 3.63) is 50.9 Å². The van der Waals surface area contributed by atoms with Crippen LogP contribution in [0.5, 0.6) is 0 Å². The van der Waals surface area contributed by atoms with Crippen molar-refractivity contribution < 1.29 is 9.53 Å². The molecule has 2 saturated heterocycles. The van der Waals surface area contributed by atoms with Gasteiger partial charge in [-0.15, -0.1) is 0 Å². The van der Waals surface area contributed by atoms with E-state index in [2.05, 4.69) is 25.8 Å². The number of hydrogen-bond donors (Lipinski definition) is 2. The Balaban J connectivity index is 1.19. The molecule has 1 aromatic heterocycles. The second-order valence-corrected chi connectivity index (χ2v) is 11.1. The smallest absolute Gasteiger partial charge is 0.255 e. The summed E-state index contributed by atoms with van der Waals surface area (Å²) in [4.78, 5) is 39.9. The van der Waals surface area contributed by atoms with E-state index in [4.69, 9.17) is 15.5 Å². The lowest BCUT2D eigenvalue weighted by Gasteiger charge is -2.40. The lowest BCUT2D eigenvalue weighted by molar-refractivity contribution is 0.0376. The maximum Gasteiger partial charge on any atom is 0.255 e. The summed E-state index contributed by atoms with van der Waals surface area (Å²) < 4.78 is 5.49. The molecule has 0 atom stereocenters. The molecule has 9 nitrogen and oxygen atoms in total. The minimum atomic E-state index is -0.378. The summed E-state index contributed by atoms with van der Waals surface area (Å²) in [7, 11) is 0. The van der Waals surface area contributed by atoms with E-state index in [1.54, 1.807) is 0 Å². The van der Waals surface area contributed by atoms with Crippen molar-refractivity contribution in [1.82, 2.24) is 14.9 Å². The maximum absolute atomic E-state index is 12.7. The van der Waals surface area contributed by atoms with E-state index >= 15 is 0 Å². The first-order valence-electron chi connectivity index (χ1n) is 13.9. The normalized spacial score (nSPS) is 21.2. The van der Waals surface area contributed by atoms with Gasteiger partial charge in [0.15, 0.2) is 0 Å². The number of aromatic amines is 1. The van der Waals surface area contributed by atoms with Gasteiger partial charge in [-0.1, -0.05) is 0 Å². The molecule has 1 aromatic carbocycles. The third kappa shape index (κ3) is 4.75. The van der Waals surface area contributed by atoms with Crippen molar-refractivity contribution in [2.75, 3.05) is 68.8 Å². The number of amides is 1. The molecule has 9 heteroatoms. The number of nitrogens with zero attached hydrogens (tertiary/aromatic N) is 4. The van der Waals surface area contributed by atoms with E-state index in [9.17, 15) is 9.59 Å². The second kappa shape index (κ2) is 10.1. The Morgan fingerprint density at radius 1 is 1.08 bits per heavy atom. The van der Waals surface area contributed by atoms with Gasteiger partial charge < -0.3 is 20.3 Å². The molecule has 37 heavy (non-hydrogen) atoms. The number of fused-ring (bicyclic) bond motifs is 3. The molecule has 2 aromatic rings. The highest BCUT2D eigenvalue weighted by Crippen LogP contribution is 2.47. The van der Waals surface area contributed by atoms with E-state index in [1.165, 1.54) is 11.3 Å². The molecule has 4 aliphatic rings. The topological polar surface area (TPSA) is 108 Å². The summed E-state index contributed by atoms with van der Waals surface area (Å²) in [5.41, 5.74) is 10.6. The molecule has 0 bridgehead atoms. The van der Waals surface area contributed by atoms with Crippen molar-refractivity contribution in [3.63, 3.8) is 0 Å². The summed E-state index contributed by atoms with van der Waals surface area (Å²) in [5.74, 6) is 0.337. The summed E-state index contributed by atoms with van der Waals surface area (Å²) in [6, 6.07) is 5.99. The molecule has 1 spiro atoms. The van der Waals surface area contributed by atoms with Gasteiger partial charge in [0.25, 0.3) is 5.56 Å². The average molecular weight is 507 g/mol. The van der Waals surface area contributed by atoms with Crippen LogP contribution in [0.4, 0.5) is 11.6 Å². The van der Waals surface area contributed by atoms with E-state index in [0.717, 1.165) is 115 Å². The number of anilines is 2. The minimum absolute atomic E-state index is 0.0231. The van der Waals surface area contributed by atoms with Crippen molar-refractivity contribution in [1.29, 1.82) is 0 Å². The molecule has 0 unspecified atom stereocenters. The fraction of sp³-hybridized carbons (Fsp3) is 0.607. The van der Waals surface area contributed by atoms with E-state index < -0.39 is 0 Å². The molecule has 1 aliphatic carbocycles. The van der Waals surface area contributed by atoms with Crippen molar-refractivity contribution in [3.8, 4) is 0 Å². The largest absolute Gasteiger partial charge is 0.379 e. The van der Waals surface area contributed by atoms with Gasteiger partial charge in [0, 0.05) is 68.0 Å².